The Bertz CT molecular complexity index is 619. The highest BCUT2D eigenvalue weighted by Crippen LogP contribution is 2.10. The summed E-state index contributed by atoms with van der Waals surface area (Å²) in [4.78, 5) is 11.3. The number of hydrogen-bond donors (Lipinski definition) is 2. The van der Waals surface area contributed by atoms with E-state index in [2.05, 4.69) is 25.9 Å². The van der Waals surface area contributed by atoms with Crippen LogP contribution in [0, 0.1) is 13.8 Å². The van der Waals surface area contributed by atoms with Crippen LogP contribution in [0.1, 0.15) is 31.2 Å². The van der Waals surface area contributed by atoms with Crippen molar-refractivity contribution in [3.63, 3.8) is 0 Å². The molecule has 0 bridgehead atoms. The Kier molecular flexibility index (Phi) is 5.46. The second-order valence-corrected chi connectivity index (χ2v) is 5.14. The molecule has 0 aliphatic heterocycles. The Balaban J connectivity index is 1.85. The third-order valence-corrected chi connectivity index (χ3v) is 3.11. The molecule has 2 rings (SSSR count). The predicted molar refractivity (Wildman–Crippen MR) is 85.0 cm³/mol. The van der Waals surface area contributed by atoms with Crippen molar-refractivity contribution < 1.29 is 4.79 Å². The maximum Gasteiger partial charge on any atom is 0.220 e. The molecule has 118 valence electrons. The van der Waals surface area contributed by atoms with Gasteiger partial charge >= 0.3 is 0 Å². The summed E-state index contributed by atoms with van der Waals surface area (Å²) in [6.07, 6.45) is 1.43. The first-order valence-corrected chi connectivity index (χ1v) is 7.48. The highest BCUT2D eigenvalue weighted by molar-refractivity contribution is 5.75. The quantitative estimate of drug-likeness (QED) is 0.759. The van der Waals surface area contributed by atoms with E-state index in [1.807, 2.05) is 39.0 Å². The van der Waals surface area contributed by atoms with Gasteiger partial charge in [0.05, 0.1) is 5.69 Å². The molecule has 2 aromatic rings. The Labute approximate surface area is 130 Å². The SMILES string of the molecule is CCCC(=O)NCCNc1ccc(-n2nc(C)cc2C)nn1. The molecule has 0 fully saturated rings. The van der Waals surface area contributed by atoms with Crippen LogP contribution in [-0.4, -0.2) is 39.0 Å². The zero-order chi connectivity index (χ0) is 15.9. The molecule has 0 aliphatic rings. The number of nitrogens with one attached hydrogen (secondary N) is 2. The van der Waals surface area contributed by atoms with Gasteiger partial charge in [0.25, 0.3) is 0 Å². The smallest absolute Gasteiger partial charge is 0.220 e. The van der Waals surface area contributed by atoms with Crippen molar-refractivity contribution in [2.75, 3.05) is 18.4 Å². The molecular weight excluding hydrogens is 280 g/mol. The Morgan fingerprint density at radius 1 is 1.23 bits per heavy atom. The first-order chi connectivity index (χ1) is 10.6. The van der Waals surface area contributed by atoms with E-state index in [1.54, 1.807) is 4.68 Å². The average molecular weight is 302 g/mol. The summed E-state index contributed by atoms with van der Waals surface area (Å²) < 4.78 is 1.76. The topological polar surface area (TPSA) is 84.7 Å². The number of aromatic nitrogens is 4. The van der Waals surface area contributed by atoms with Gasteiger partial charge in [-0.2, -0.15) is 5.10 Å². The zero-order valence-electron chi connectivity index (χ0n) is 13.3. The second kappa shape index (κ2) is 7.53. The van der Waals surface area contributed by atoms with Gasteiger partial charge < -0.3 is 10.6 Å². The summed E-state index contributed by atoms with van der Waals surface area (Å²) in [7, 11) is 0. The first-order valence-electron chi connectivity index (χ1n) is 7.48. The molecule has 0 saturated heterocycles. The van der Waals surface area contributed by atoms with Gasteiger partial charge in [-0.3, -0.25) is 4.79 Å². The van der Waals surface area contributed by atoms with Crippen LogP contribution in [0.15, 0.2) is 18.2 Å². The summed E-state index contributed by atoms with van der Waals surface area (Å²) >= 11 is 0. The molecule has 0 spiro atoms. The molecule has 1 amide bonds. The minimum atomic E-state index is 0.0789. The number of aryl methyl sites for hydroxylation is 2. The summed E-state index contributed by atoms with van der Waals surface area (Å²) in [5.41, 5.74) is 1.97. The number of carbonyl (C=O) groups is 1. The Morgan fingerprint density at radius 3 is 2.64 bits per heavy atom. The molecule has 0 aromatic carbocycles. The fourth-order valence-corrected chi connectivity index (χ4v) is 2.10. The largest absolute Gasteiger partial charge is 0.367 e. The van der Waals surface area contributed by atoms with Crippen molar-refractivity contribution in [1.29, 1.82) is 0 Å². The van der Waals surface area contributed by atoms with Crippen molar-refractivity contribution in [3.8, 4) is 5.82 Å². The molecule has 7 heteroatoms. The second-order valence-electron chi connectivity index (χ2n) is 5.14. The summed E-state index contributed by atoms with van der Waals surface area (Å²) in [6.45, 7) is 7.09. The Morgan fingerprint density at radius 2 is 2.05 bits per heavy atom. The van der Waals surface area contributed by atoms with Crippen LogP contribution in [0.4, 0.5) is 5.82 Å². The van der Waals surface area contributed by atoms with Crippen LogP contribution in [0.2, 0.25) is 0 Å². The highest BCUT2D eigenvalue weighted by atomic mass is 16.1. The van der Waals surface area contributed by atoms with Crippen LogP contribution < -0.4 is 10.6 Å². The zero-order valence-corrected chi connectivity index (χ0v) is 13.3. The van der Waals surface area contributed by atoms with E-state index in [9.17, 15) is 4.79 Å². The molecule has 0 radical (unpaired) electrons. The lowest BCUT2D eigenvalue weighted by molar-refractivity contribution is -0.121. The Hall–Kier alpha value is -2.44. The van der Waals surface area contributed by atoms with Crippen molar-refractivity contribution in [1.82, 2.24) is 25.3 Å². The lowest BCUT2D eigenvalue weighted by Crippen LogP contribution is -2.28. The van der Waals surface area contributed by atoms with E-state index in [0.717, 1.165) is 17.8 Å². The van der Waals surface area contributed by atoms with Crippen LogP contribution in [0.3, 0.4) is 0 Å². The summed E-state index contributed by atoms with van der Waals surface area (Å²) in [6, 6.07) is 5.71. The summed E-state index contributed by atoms with van der Waals surface area (Å²) in [5, 5.41) is 18.6. The fraction of sp³-hybridized carbons (Fsp3) is 0.467. The first kappa shape index (κ1) is 15.9. The molecule has 0 aliphatic carbocycles. The van der Waals surface area contributed by atoms with Crippen molar-refractivity contribution in [2.24, 2.45) is 0 Å². The van der Waals surface area contributed by atoms with Crippen LogP contribution >= 0.6 is 0 Å². The van der Waals surface area contributed by atoms with Gasteiger partial charge in [-0.05, 0) is 38.5 Å². The number of carbonyl (C=O) groups excluding carboxylic acids is 1. The molecule has 0 unspecified atom stereocenters. The molecule has 2 heterocycles. The van der Waals surface area contributed by atoms with Gasteiger partial charge in [-0.1, -0.05) is 6.92 Å². The van der Waals surface area contributed by atoms with Gasteiger partial charge in [0.1, 0.15) is 5.82 Å². The maximum absolute atomic E-state index is 11.3. The van der Waals surface area contributed by atoms with E-state index in [1.165, 1.54) is 0 Å². The highest BCUT2D eigenvalue weighted by Gasteiger charge is 2.05. The van der Waals surface area contributed by atoms with E-state index >= 15 is 0 Å². The number of amides is 1. The number of hydrogen-bond acceptors (Lipinski definition) is 5. The molecule has 2 aromatic heterocycles. The number of rotatable bonds is 7. The number of anilines is 1. The molecule has 0 saturated carbocycles. The third kappa shape index (κ3) is 4.28. The van der Waals surface area contributed by atoms with Crippen molar-refractivity contribution in [3.05, 3.63) is 29.6 Å². The van der Waals surface area contributed by atoms with Gasteiger partial charge in [-0.15, -0.1) is 10.2 Å². The molecule has 22 heavy (non-hydrogen) atoms. The molecule has 7 nitrogen and oxygen atoms in total. The van der Waals surface area contributed by atoms with E-state index < -0.39 is 0 Å². The van der Waals surface area contributed by atoms with Gasteiger partial charge in [0.2, 0.25) is 5.91 Å². The number of nitrogens with zero attached hydrogens (tertiary/aromatic N) is 4. The lowest BCUT2D eigenvalue weighted by Gasteiger charge is -2.07. The van der Waals surface area contributed by atoms with Gasteiger partial charge in [-0.25, -0.2) is 4.68 Å². The predicted octanol–water partition coefficient (Wildman–Crippen LogP) is 1.61. The maximum atomic E-state index is 11.3. The minimum Gasteiger partial charge on any atom is -0.367 e. The van der Waals surface area contributed by atoms with Crippen molar-refractivity contribution >= 4 is 11.7 Å². The fourth-order valence-electron chi connectivity index (χ4n) is 2.10. The monoisotopic (exact) mass is 302 g/mol. The molecule has 2 N–H and O–H groups in total. The molecule has 0 atom stereocenters. The summed E-state index contributed by atoms with van der Waals surface area (Å²) in [5.74, 6) is 1.44. The van der Waals surface area contributed by atoms with E-state index in [0.29, 0.717) is 31.1 Å². The van der Waals surface area contributed by atoms with Crippen LogP contribution in [0.25, 0.3) is 5.82 Å². The minimum absolute atomic E-state index is 0.0789. The van der Waals surface area contributed by atoms with Gasteiger partial charge in [0.15, 0.2) is 5.82 Å². The van der Waals surface area contributed by atoms with Gasteiger partial charge in [0, 0.05) is 25.2 Å². The van der Waals surface area contributed by atoms with E-state index in [-0.39, 0.29) is 5.91 Å². The van der Waals surface area contributed by atoms with Crippen LogP contribution in [0.5, 0.6) is 0 Å². The lowest BCUT2D eigenvalue weighted by atomic mass is 10.3. The normalized spacial score (nSPS) is 10.5. The van der Waals surface area contributed by atoms with Crippen molar-refractivity contribution in [2.45, 2.75) is 33.6 Å². The standard InChI is InChI=1S/C15H22N6O/c1-4-5-15(22)17-9-8-16-13-6-7-14(19-18-13)21-12(3)10-11(2)20-21/h6-7,10H,4-5,8-9H2,1-3H3,(H,16,18)(H,17,22). The van der Waals surface area contributed by atoms with E-state index in [4.69, 9.17) is 0 Å². The average Bonchev–Trinajstić information content (AvgIpc) is 2.83. The third-order valence-electron chi connectivity index (χ3n) is 3.11. The molecular formula is C15H22N6O. The van der Waals surface area contributed by atoms with Crippen LogP contribution in [-0.2, 0) is 4.79 Å².